The first-order valence-corrected chi connectivity index (χ1v) is 13.6. The van der Waals surface area contributed by atoms with Gasteiger partial charge in [0.05, 0.1) is 48.5 Å². The second kappa shape index (κ2) is 13.1. The zero-order valence-corrected chi connectivity index (χ0v) is 23.4. The number of alkyl halides is 3. The van der Waals surface area contributed by atoms with Crippen molar-refractivity contribution >= 4 is 29.1 Å². The second-order valence-electron chi connectivity index (χ2n) is 9.94. The number of anilines is 3. The molecule has 14 heteroatoms. The van der Waals surface area contributed by atoms with Gasteiger partial charge >= 0.3 is 12.1 Å². The van der Waals surface area contributed by atoms with Crippen LogP contribution in [0.3, 0.4) is 0 Å². The molecule has 0 radical (unpaired) electrons. The molecule has 2 N–H and O–H groups in total. The molecule has 0 saturated carbocycles. The van der Waals surface area contributed by atoms with E-state index in [1.54, 1.807) is 17.0 Å². The Morgan fingerprint density at radius 1 is 1.05 bits per heavy atom. The van der Waals surface area contributed by atoms with Gasteiger partial charge in [-0.2, -0.15) is 23.3 Å². The van der Waals surface area contributed by atoms with E-state index in [1.165, 1.54) is 49.5 Å². The highest BCUT2D eigenvalue weighted by atomic mass is 19.4. The highest BCUT2D eigenvalue weighted by Crippen LogP contribution is 2.39. The molecule has 1 aliphatic heterocycles. The second-order valence-corrected chi connectivity index (χ2v) is 9.94. The van der Waals surface area contributed by atoms with E-state index < -0.39 is 29.4 Å². The Morgan fingerprint density at radius 2 is 1.77 bits per heavy atom. The summed E-state index contributed by atoms with van der Waals surface area (Å²) in [4.78, 5) is 25.3. The number of carbonyl (C=O) groups is 1. The lowest BCUT2D eigenvalue weighted by Gasteiger charge is -2.27. The predicted octanol–water partition coefficient (Wildman–Crippen LogP) is 6.75. The molecule has 1 unspecified atom stereocenters. The third kappa shape index (κ3) is 7.32. The van der Waals surface area contributed by atoms with Crippen LogP contribution in [0.5, 0.6) is 0 Å². The SMILES string of the molecule is CC(C(=O)O)c1ccc(-c2ccc(Nc3ccc(CN=Nc4ncc(F)c(N5CCOCC5)n4)nc3)cc2C(F)(F)F)cc1. The van der Waals surface area contributed by atoms with Crippen molar-refractivity contribution in [3.8, 4) is 11.1 Å². The number of rotatable bonds is 9. The maximum Gasteiger partial charge on any atom is 0.417 e. The summed E-state index contributed by atoms with van der Waals surface area (Å²) in [5.41, 5.74) is 1.12. The predicted molar refractivity (Wildman–Crippen MR) is 154 cm³/mol. The van der Waals surface area contributed by atoms with Gasteiger partial charge in [0.1, 0.15) is 6.54 Å². The van der Waals surface area contributed by atoms with Crippen LogP contribution in [0.2, 0.25) is 0 Å². The molecule has 0 bridgehead atoms. The molecule has 0 amide bonds. The lowest BCUT2D eigenvalue weighted by Crippen LogP contribution is -2.37. The molecule has 2 aromatic heterocycles. The van der Waals surface area contributed by atoms with Crippen LogP contribution >= 0.6 is 0 Å². The van der Waals surface area contributed by atoms with E-state index in [9.17, 15) is 27.5 Å². The highest BCUT2D eigenvalue weighted by molar-refractivity contribution is 5.77. The van der Waals surface area contributed by atoms with Crippen LogP contribution in [0, 0.1) is 5.82 Å². The summed E-state index contributed by atoms with van der Waals surface area (Å²) in [6.07, 6.45) is -2.14. The monoisotopic (exact) mass is 609 g/mol. The van der Waals surface area contributed by atoms with Gasteiger partial charge in [0.25, 0.3) is 5.95 Å². The molecule has 1 fully saturated rings. The van der Waals surface area contributed by atoms with Gasteiger partial charge in [-0.3, -0.25) is 9.78 Å². The Labute approximate surface area is 249 Å². The van der Waals surface area contributed by atoms with Gasteiger partial charge in [0.15, 0.2) is 11.6 Å². The van der Waals surface area contributed by atoms with Gasteiger partial charge in [-0.15, -0.1) is 5.11 Å². The Morgan fingerprint density at radius 3 is 2.43 bits per heavy atom. The van der Waals surface area contributed by atoms with Crippen molar-refractivity contribution < 1.29 is 32.2 Å². The zero-order chi connectivity index (χ0) is 31.3. The smallest absolute Gasteiger partial charge is 0.417 e. The first-order valence-electron chi connectivity index (χ1n) is 13.6. The van der Waals surface area contributed by atoms with E-state index in [2.05, 4.69) is 30.5 Å². The number of morpholine rings is 1. The number of aromatic nitrogens is 3. The molecule has 1 aliphatic rings. The third-order valence-corrected chi connectivity index (χ3v) is 6.95. The molecule has 0 aliphatic carbocycles. The summed E-state index contributed by atoms with van der Waals surface area (Å²) in [6, 6.07) is 13.2. The molecular formula is C30H27F4N7O3. The molecule has 5 rings (SSSR count). The maximum atomic E-state index is 14.2. The van der Waals surface area contributed by atoms with Crippen molar-refractivity contribution in [1.82, 2.24) is 15.0 Å². The van der Waals surface area contributed by atoms with Gasteiger partial charge < -0.3 is 20.1 Å². The largest absolute Gasteiger partial charge is 0.481 e. The summed E-state index contributed by atoms with van der Waals surface area (Å²) in [7, 11) is 0. The number of aliphatic carboxylic acids is 1. The van der Waals surface area contributed by atoms with E-state index in [4.69, 9.17) is 4.74 Å². The molecular weight excluding hydrogens is 582 g/mol. The van der Waals surface area contributed by atoms with Crippen molar-refractivity contribution in [3.63, 3.8) is 0 Å². The first-order chi connectivity index (χ1) is 21.1. The van der Waals surface area contributed by atoms with E-state index in [0.717, 1.165) is 12.3 Å². The fourth-order valence-corrected chi connectivity index (χ4v) is 4.53. The summed E-state index contributed by atoms with van der Waals surface area (Å²) >= 11 is 0. The molecule has 10 nitrogen and oxygen atoms in total. The molecule has 0 spiro atoms. The zero-order valence-electron chi connectivity index (χ0n) is 23.4. The number of carboxylic acids is 1. The standard InChI is InChI=1S/C30H27F4N7O3/c1-18(28(42)43)19-2-4-20(5-3-19)24-9-8-21(14-25(24)30(32,33)34)38-23-7-6-22(35-15-23)16-37-40-29-36-17-26(31)27(39-29)41-10-12-44-13-11-41/h2-9,14-15,17-18,38H,10-13,16H2,1H3,(H,42,43). The summed E-state index contributed by atoms with van der Waals surface area (Å²) in [5.74, 6) is -2.22. The minimum absolute atomic E-state index is 0.000793. The van der Waals surface area contributed by atoms with Crippen molar-refractivity contribution in [3.05, 3.63) is 89.6 Å². The van der Waals surface area contributed by atoms with E-state index >= 15 is 0 Å². The van der Waals surface area contributed by atoms with E-state index in [1.807, 2.05) is 0 Å². The molecule has 1 atom stereocenters. The van der Waals surface area contributed by atoms with Crippen LogP contribution in [0.15, 0.2) is 77.2 Å². The normalized spacial score (nSPS) is 14.5. The van der Waals surface area contributed by atoms with Crippen LogP contribution < -0.4 is 10.2 Å². The van der Waals surface area contributed by atoms with E-state index in [0.29, 0.717) is 48.8 Å². The van der Waals surface area contributed by atoms with Gasteiger partial charge in [0, 0.05) is 18.8 Å². The molecule has 1 saturated heterocycles. The molecule has 44 heavy (non-hydrogen) atoms. The number of azo groups is 1. The summed E-state index contributed by atoms with van der Waals surface area (Å²) in [6.45, 7) is 3.52. The van der Waals surface area contributed by atoms with Gasteiger partial charge in [-0.25, -0.2) is 9.37 Å². The van der Waals surface area contributed by atoms with Crippen LogP contribution in [0.4, 0.5) is 40.7 Å². The quantitative estimate of drug-likeness (QED) is 0.158. The van der Waals surface area contributed by atoms with E-state index in [-0.39, 0.29) is 29.6 Å². The fraction of sp³-hybridized carbons (Fsp3) is 0.267. The molecule has 228 valence electrons. The van der Waals surface area contributed by atoms with Gasteiger partial charge in [0.2, 0.25) is 0 Å². The number of nitrogens with zero attached hydrogens (tertiary/aromatic N) is 6. The Hall–Kier alpha value is -4.98. The molecule has 4 aromatic rings. The minimum Gasteiger partial charge on any atom is -0.481 e. The number of benzene rings is 2. The molecule has 2 aromatic carbocycles. The number of ether oxygens (including phenoxy) is 1. The number of pyridine rings is 1. The van der Waals surface area contributed by atoms with Crippen LogP contribution in [-0.4, -0.2) is 52.3 Å². The average molecular weight is 610 g/mol. The number of hydrogen-bond acceptors (Lipinski definition) is 9. The molecule has 3 heterocycles. The lowest BCUT2D eigenvalue weighted by molar-refractivity contribution is -0.138. The Bertz CT molecular complexity index is 1640. The Kier molecular flexibility index (Phi) is 9.09. The average Bonchev–Trinajstić information content (AvgIpc) is 3.02. The van der Waals surface area contributed by atoms with Gasteiger partial charge in [-0.1, -0.05) is 30.3 Å². The number of hydrogen-bond donors (Lipinski definition) is 2. The fourth-order valence-electron chi connectivity index (χ4n) is 4.53. The number of carboxylic acid groups (broad SMARTS) is 1. The van der Waals surface area contributed by atoms with Crippen LogP contribution in [0.1, 0.15) is 29.7 Å². The maximum absolute atomic E-state index is 14.2. The Balaban J connectivity index is 1.25. The van der Waals surface area contributed by atoms with Crippen LogP contribution in [0.25, 0.3) is 11.1 Å². The lowest BCUT2D eigenvalue weighted by atomic mass is 9.95. The number of nitrogens with one attached hydrogen (secondary N) is 1. The van der Waals surface area contributed by atoms with Gasteiger partial charge in [-0.05, 0) is 47.9 Å². The number of halogens is 4. The summed E-state index contributed by atoms with van der Waals surface area (Å²) in [5, 5.41) is 20.1. The minimum atomic E-state index is -4.63. The topological polar surface area (TPSA) is 125 Å². The van der Waals surface area contributed by atoms with Crippen molar-refractivity contribution in [2.24, 2.45) is 10.2 Å². The van der Waals surface area contributed by atoms with Crippen molar-refractivity contribution in [2.75, 3.05) is 36.5 Å². The van der Waals surface area contributed by atoms with Crippen molar-refractivity contribution in [1.29, 1.82) is 0 Å². The first kappa shape index (κ1) is 30.5. The van der Waals surface area contributed by atoms with Crippen molar-refractivity contribution in [2.45, 2.75) is 25.6 Å². The van der Waals surface area contributed by atoms with Crippen LogP contribution in [-0.2, 0) is 22.3 Å². The summed E-state index contributed by atoms with van der Waals surface area (Å²) < 4.78 is 61.6. The highest BCUT2D eigenvalue weighted by Gasteiger charge is 2.34. The third-order valence-electron chi connectivity index (χ3n) is 6.95.